The number of carbonyl (C=O) groups is 1. The molecule has 7 heteroatoms. The molecule has 0 radical (unpaired) electrons. The second kappa shape index (κ2) is 5.17. The molecule has 0 fully saturated rings. The Morgan fingerprint density at radius 2 is 2.41 bits per heavy atom. The number of nitrogens with one attached hydrogen (secondary N) is 1. The standard InChI is InChI=1S/C10H11N5O2/c1-2-17-14-10(16)8-3-4-9(12-5-8)15-7-11-6-13-15/h3-7H,2H2,1H3,(H,14,16). The minimum atomic E-state index is -0.329. The zero-order valence-corrected chi connectivity index (χ0v) is 9.20. The molecule has 0 atom stereocenters. The van der Waals surface area contributed by atoms with Crippen molar-refractivity contribution < 1.29 is 9.63 Å². The zero-order chi connectivity index (χ0) is 12.1. The number of carbonyl (C=O) groups excluding carboxylic acids is 1. The summed E-state index contributed by atoms with van der Waals surface area (Å²) >= 11 is 0. The Morgan fingerprint density at radius 3 is 3.00 bits per heavy atom. The van der Waals surface area contributed by atoms with Crippen molar-refractivity contribution in [1.82, 2.24) is 25.2 Å². The molecule has 0 bridgehead atoms. The lowest BCUT2D eigenvalue weighted by Crippen LogP contribution is -2.23. The molecule has 1 amide bonds. The van der Waals surface area contributed by atoms with Crippen LogP contribution in [0.25, 0.3) is 5.82 Å². The van der Waals surface area contributed by atoms with E-state index < -0.39 is 0 Å². The van der Waals surface area contributed by atoms with E-state index in [2.05, 4.69) is 20.5 Å². The third-order valence-electron chi connectivity index (χ3n) is 1.97. The first kappa shape index (κ1) is 11.2. The van der Waals surface area contributed by atoms with Gasteiger partial charge in [-0.25, -0.2) is 20.1 Å². The Morgan fingerprint density at radius 1 is 1.53 bits per heavy atom. The van der Waals surface area contributed by atoms with Crippen LogP contribution in [0.1, 0.15) is 17.3 Å². The molecule has 0 aliphatic carbocycles. The number of amides is 1. The van der Waals surface area contributed by atoms with Gasteiger partial charge < -0.3 is 0 Å². The average Bonchev–Trinajstić information content (AvgIpc) is 2.90. The van der Waals surface area contributed by atoms with E-state index in [-0.39, 0.29) is 5.91 Å². The molecule has 0 saturated heterocycles. The van der Waals surface area contributed by atoms with E-state index >= 15 is 0 Å². The predicted octanol–water partition coefficient (Wildman–Crippen LogP) is 0.344. The van der Waals surface area contributed by atoms with E-state index in [1.54, 1.807) is 19.1 Å². The van der Waals surface area contributed by atoms with Crippen LogP contribution in [0, 0.1) is 0 Å². The molecule has 0 aliphatic heterocycles. The molecule has 0 spiro atoms. The molecule has 0 unspecified atom stereocenters. The van der Waals surface area contributed by atoms with Crippen molar-refractivity contribution in [2.24, 2.45) is 0 Å². The summed E-state index contributed by atoms with van der Waals surface area (Å²) < 4.78 is 1.50. The van der Waals surface area contributed by atoms with Gasteiger partial charge in [0.05, 0.1) is 12.2 Å². The number of hydrogen-bond acceptors (Lipinski definition) is 5. The van der Waals surface area contributed by atoms with Crippen LogP contribution in [-0.2, 0) is 4.84 Å². The van der Waals surface area contributed by atoms with Gasteiger partial charge >= 0.3 is 0 Å². The number of aromatic nitrogens is 4. The van der Waals surface area contributed by atoms with Crippen LogP contribution in [-0.4, -0.2) is 32.3 Å². The minimum absolute atomic E-state index is 0.329. The highest BCUT2D eigenvalue weighted by molar-refractivity contribution is 5.93. The fourth-order valence-electron chi connectivity index (χ4n) is 1.18. The summed E-state index contributed by atoms with van der Waals surface area (Å²) in [5, 5.41) is 3.93. The molecule has 17 heavy (non-hydrogen) atoms. The summed E-state index contributed by atoms with van der Waals surface area (Å²) in [7, 11) is 0. The summed E-state index contributed by atoms with van der Waals surface area (Å²) in [5.41, 5.74) is 2.71. The van der Waals surface area contributed by atoms with Crippen molar-refractivity contribution in [2.75, 3.05) is 6.61 Å². The van der Waals surface area contributed by atoms with Gasteiger partial charge in [0.15, 0.2) is 5.82 Å². The fourth-order valence-corrected chi connectivity index (χ4v) is 1.18. The molecule has 2 heterocycles. The topological polar surface area (TPSA) is 81.9 Å². The van der Waals surface area contributed by atoms with Crippen LogP contribution in [0.4, 0.5) is 0 Å². The monoisotopic (exact) mass is 233 g/mol. The minimum Gasteiger partial charge on any atom is -0.274 e. The van der Waals surface area contributed by atoms with Crippen molar-refractivity contribution in [3.8, 4) is 5.82 Å². The highest BCUT2D eigenvalue weighted by Crippen LogP contribution is 2.03. The second-order valence-electron chi connectivity index (χ2n) is 3.11. The molecule has 1 N–H and O–H groups in total. The largest absolute Gasteiger partial charge is 0.276 e. The van der Waals surface area contributed by atoms with E-state index in [0.29, 0.717) is 18.0 Å². The smallest absolute Gasteiger partial charge is 0.274 e. The Labute approximate surface area is 97.4 Å². The predicted molar refractivity (Wildman–Crippen MR) is 58.2 cm³/mol. The molecule has 0 aromatic carbocycles. The van der Waals surface area contributed by atoms with Gasteiger partial charge in [-0.2, -0.15) is 5.10 Å². The molecule has 0 saturated carbocycles. The van der Waals surface area contributed by atoms with Gasteiger partial charge in [0, 0.05) is 6.20 Å². The van der Waals surface area contributed by atoms with Gasteiger partial charge in [0.25, 0.3) is 5.91 Å². The number of rotatable bonds is 4. The average molecular weight is 233 g/mol. The van der Waals surface area contributed by atoms with Crippen molar-refractivity contribution in [3.05, 3.63) is 36.5 Å². The molecule has 0 aliphatic rings. The lowest BCUT2D eigenvalue weighted by atomic mass is 10.3. The molecule has 2 aromatic rings. The molecular formula is C10H11N5O2. The third kappa shape index (κ3) is 2.64. The lowest BCUT2D eigenvalue weighted by Gasteiger charge is -2.04. The van der Waals surface area contributed by atoms with Crippen LogP contribution in [0.5, 0.6) is 0 Å². The summed E-state index contributed by atoms with van der Waals surface area (Å²) in [6.45, 7) is 2.20. The summed E-state index contributed by atoms with van der Waals surface area (Å²) in [5.74, 6) is 0.264. The first-order valence-corrected chi connectivity index (χ1v) is 5.04. The van der Waals surface area contributed by atoms with Crippen LogP contribution < -0.4 is 5.48 Å². The van der Waals surface area contributed by atoms with Crippen molar-refractivity contribution in [3.63, 3.8) is 0 Å². The van der Waals surface area contributed by atoms with Gasteiger partial charge in [0.1, 0.15) is 12.7 Å². The summed E-state index contributed by atoms with van der Waals surface area (Å²) in [6, 6.07) is 3.31. The molecule has 2 aromatic heterocycles. The molecule has 7 nitrogen and oxygen atoms in total. The van der Waals surface area contributed by atoms with Gasteiger partial charge in [-0.1, -0.05) is 0 Å². The Kier molecular flexibility index (Phi) is 3.41. The Balaban J connectivity index is 2.10. The van der Waals surface area contributed by atoms with E-state index in [9.17, 15) is 4.79 Å². The Hall–Kier alpha value is -2.28. The zero-order valence-electron chi connectivity index (χ0n) is 9.20. The summed E-state index contributed by atoms with van der Waals surface area (Å²) in [4.78, 5) is 24.2. The van der Waals surface area contributed by atoms with Gasteiger partial charge in [-0.15, -0.1) is 0 Å². The van der Waals surface area contributed by atoms with Gasteiger partial charge in [-0.05, 0) is 19.1 Å². The van der Waals surface area contributed by atoms with Crippen molar-refractivity contribution in [1.29, 1.82) is 0 Å². The van der Waals surface area contributed by atoms with Crippen LogP contribution in [0.3, 0.4) is 0 Å². The van der Waals surface area contributed by atoms with Gasteiger partial charge in [0.2, 0.25) is 0 Å². The fraction of sp³-hybridized carbons (Fsp3) is 0.200. The summed E-state index contributed by atoms with van der Waals surface area (Å²) in [6.07, 6.45) is 4.39. The van der Waals surface area contributed by atoms with Gasteiger partial charge in [-0.3, -0.25) is 9.63 Å². The molecule has 2 rings (SSSR count). The highest BCUT2D eigenvalue weighted by Gasteiger charge is 2.06. The maximum absolute atomic E-state index is 11.5. The third-order valence-corrected chi connectivity index (χ3v) is 1.97. The van der Waals surface area contributed by atoms with Crippen LogP contribution in [0.15, 0.2) is 31.0 Å². The van der Waals surface area contributed by atoms with Crippen molar-refractivity contribution in [2.45, 2.75) is 6.92 Å². The lowest BCUT2D eigenvalue weighted by molar-refractivity contribution is 0.0364. The first-order valence-electron chi connectivity index (χ1n) is 5.04. The van der Waals surface area contributed by atoms with E-state index in [1.165, 1.54) is 23.5 Å². The van der Waals surface area contributed by atoms with E-state index in [0.717, 1.165) is 0 Å². The SMILES string of the molecule is CCONC(=O)c1ccc(-n2cncn2)nc1. The normalized spacial score (nSPS) is 10.2. The first-order chi connectivity index (χ1) is 8.31. The van der Waals surface area contributed by atoms with Crippen LogP contribution in [0.2, 0.25) is 0 Å². The second-order valence-corrected chi connectivity index (χ2v) is 3.11. The maximum Gasteiger partial charge on any atom is 0.276 e. The van der Waals surface area contributed by atoms with E-state index in [1.807, 2.05) is 0 Å². The Bertz CT molecular complexity index is 480. The number of pyridine rings is 1. The molecular weight excluding hydrogens is 222 g/mol. The quantitative estimate of drug-likeness (QED) is 0.770. The highest BCUT2D eigenvalue weighted by atomic mass is 16.6. The number of nitrogens with zero attached hydrogens (tertiary/aromatic N) is 4. The number of hydroxylamine groups is 1. The van der Waals surface area contributed by atoms with E-state index in [4.69, 9.17) is 4.84 Å². The maximum atomic E-state index is 11.5. The number of hydrogen-bond donors (Lipinski definition) is 1. The van der Waals surface area contributed by atoms with Crippen LogP contribution >= 0.6 is 0 Å². The molecule has 88 valence electrons. The van der Waals surface area contributed by atoms with Crippen molar-refractivity contribution >= 4 is 5.91 Å².